The van der Waals surface area contributed by atoms with Crippen LogP contribution in [0.1, 0.15) is 37.3 Å². The van der Waals surface area contributed by atoms with E-state index in [1.165, 1.54) is 5.56 Å². The molecule has 1 aliphatic heterocycles. The fraction of sp³-hybridized carbons (Fsp3) is 0.435. The first kappa shape index (κ1) is 21.5. The molecule has 3 rings (SSSR count). The van der Waals surface area contributed by atoms with E-state index in [1.54, 1.807) is 7.11 Å². The Labute approximate surface area is 169 Å². The number of ether oxygens (including phenoxy) is 1. The van der Waals surface area contributed by atoms with Crippen molar-refractivity contribution >= 4 is 18.2 Å². The molecule has 1 saturated heterocycles. The van der Waals surface area contributed by atoms with Crippen LogP contribution in [0, 0.1) is 0 Å². The van der Waals surface area contributed by atoms with Crippen LogP contribution >= 0.6 is 12.4 Å². The van der Waals surface area contributed by atoms with Gasteiger partial charge < -0.3 is 4.74 Å². The number of methoxy groups -OCH3 is 1. The SMILES string of the molecule is CCCC1(c2cccc(OC)c2)CCN(CC(=O)Cc2ccccc2)C1.Cl. The molecule has 0 amide bonds. The molecule has 27 heavy (non-hydrogen) atoms. The molecule has 1 heterocycles. The zero-order chi connectivity index (χ0) is 18.4. The Morgan fingerprint density at radius 3 is 2.63 bits per heavy atom. The fourth-order valence-electron chi connectivity index (χ4n) is 4.24. The Kier molecular flexibility index (Phi) is 7.88. The zero-order valence-corrected chi connectivity index (χ0v) is 17.1. The van der Waals surface area contributed by atoms with Crippen molar-refractivity contribution in [2.45, 2.75) is 38.0 Å². The Bertz CT molecular complexity index is 734. The van der Waals surface area contributed by atoms with Crippen LogP contribution in [0.15, 0.2) is 54.6 Å². The molecule has 2 aromatic carbocycles. The zero-order valence-electron chi connectivity index (χ0n) is 16.3. The first-order chi connectivity index (χ1) is 12.6. The molecule has 0 spiro atoms. The number of benzene rings is 2. The van der Waals surface area contributed by atoms with Crippen molar-refractivity contribution in [1.29, 1.82) is 0 Å². The molecule has 146 valence electrons. The number of rotatable bonds is 8. The van der Waals surface area contributed by atoms with Gasteiger partial charge in [0.05, 0.1) is 13.7 Å². The maximum Gasteiger partial charge on any atom is 0.151 e. The summed E-state index contributed by atoms with van der Waals surface area (Å²) in [5, 5.41) is 0. The molecule has 3 nitrogen and oxygen atoms in total. The van der Waals surface area contributed by atoms with E-state index in [9.17, 15) is 4.79 Å². The molecule has 1 fully saturated rings. The first-order valence-corrected chi connectivity index (χ1v) is 9.58. The average molecular weight is 388 g/mol. The lowest BCUT2D eigenvalue weighted by atomic mass is 9.76. The summed E-state index contributed by atoms with van der Waals surface area (Å²) in [4.78, 5) is 14.8. The summed E-state index contributed by atoms with van der Waals surface area (Å²) < 4.78 is 5.43. The number of carbonyl (C=O) groups is 1. The van der Waals surface area contributed by atoms with Crippen molar-refractivity contribution in [1.82, 2.24) is 4.90 Å². The van der Waals surface area contributed by atoms with Gasteiger partial charge in [-0.15, -0.1) is 12.4 Å². The third-order valence-corrected chi connectivity index (χ3v) is 5.49. The van der Waals surface area contributed by atoms with E-state index in [0.29, 0.717) is 18.7 Å². The molecule has 0 radical (unpaired) electrons. The second kappa shape index (κ2) is 9.91. The van der Waals surface area contributed by atoms with Gasteiger partial charge in [-0.2, -0.15) is 0 Å². The van der Waals surface area contributed by atoms with Crippen LogP contribution in [0.3, 0.4) is 0 Å². The summed E-state index contributed by atoms with van der Waals surface area (Å²) in [5.41, 5.74) is 2.58. The summed E-state index contributed by atoms with van der Waals surface area (Å²) >= 11 is 0. The Balaban J connectivity index is 0.00000261. The van der Waals surface area contributed by atoms with Crippen molar-refractivity contribution in [3.63, 3.8) is 0 Å². The molecule has 0 bridgehead atoms. The van der Waals surface area contributed by atoms with Crippen LogP contribution in [0.5, 0.6) is 5.75 Å². The second-order valence-electron chi connectivity index (χ2n) is 7.42. The quantitative estimate of drug-likeness (QED) is 0.659. The first-order valence-electron chi connectivity index (χ1n) is 9.58. The monoisotopic (exact) mass is 387 g/mol. The molecular formula is C23H30ClNO2. The van der Waals surface area contributed by atoms with Gasteiger partial charge in [0.1, 0.15) is 5.75 Å². The van der Waals surface area contributed by atoms with Gasteiger partial charge in [-0.25, -0.2) is 0 Å². The van der Waals surface area contributed by atoms with Crippen molar-refractivity contribution in [2.75, 3.05) is 26.7 Å². The normalized spacial score (nSPS) is 19.5. The van der Waals surface area contributed by atoms with Gasteiger partial charge in [0.25, 0.3) is 0 Å². The number of Topliss-reactive ketones (excluding diaryl/α,β-unsaturated/α-hetero) is 1. The summed E-state index contributed by atoms with van der Waals surface area (Å²) in [6.45, 7) is 4.72. The largest absolute Gasteiger partial charge is 0.497 e. The standard InChI is InChI=1S/C23H29NO2.ClH/c1-3-12-23(20-10-7-11-22(16-20)26-2)13-14-24(18-23)17-21(25)15-19-8-5-4-6-9-19;/h4-11,16H,3,12-15,17-18H2,1-2H3;1H. The van der Waals surface area contributed by atoms with E-state index in [1.807, 2.05) is 36.4 Å². The molecule has 0 saturated carbocycles. The van der Waals surface area contributed by atoms with E-state index in [4.69, 9.17) is 4.74 Å². The van der Waals surface area contributed by atoms with E-state index in [2.05, 4.69) is 30.0 Å². The highest BCUT2D eigenvalue weighted by Gasteiger charge is 2.39. The van der Waals surface area contributed by atoms with E-state index >= 15 is 0 Å². The van der Waals surface area contributed by atoms with E-state index < -0.39 is 0 Å². The lowest BCUT2D eigenvalue weighted by Gasteiger charge is -2.30. The van der Waals surface area contributed by atoms with Crippen LogP contribution in [0.25, 0.3) is 0 Å². The molecular weight excluding hydrogens is 358 g/mol. The molecule has 2 aromatic rings. The lowest BCUT2D eigenvalue weighted by molar-refractivity contribution is -0.119. The van der Waals surface area contributed by atoms with Gasteiger partial charge in [-0.05, 0) is 42.6 Å². The van der Waals surface area contributed by atoms with Crippen molar-refractivity contribution < 1.29 is 9.53 Å². The third-order valence-electron chi connectivity index (χ3n) is 5.49. The summed E-state index contributed by atoms with van der Waals surface area (Å²) in [6.07, 6.45) is 3.91. The highest BCUT2D eigenvalue weighted by atomic mass is 35.5. The highest BCUT2D eigenvalue weighted by molar-refractivity contribution is 5.85. The Morgan fingerprint density at radius 2 is 1.93 bits per heavy atom. The van der Waals surface area contributed by atoms with Gasteiger partial charge in [-0.3, -0.25) is 9.69 Å². The highest BCUT2D eigenvalue weighted by Crippen LogP contribution is 2.39. The topological polar surface area (TPSA) is 29.5 Å². The molecule has 1 aliphatic rings. The molecule has 1 unspecified atom stereocenters. The predicted molar refractivity (Wildman–Crippen MR) is 113 cm³/mol. The van der Waals surface area contributed by atoms with Gasteiger partial charge >= 0.3 is 0 Å². The van der Waals surface area contributed by atoms with Crippen molar-refractivity contribution in [3.8, 4) is 5.75 Å². The van der Waals surface area contributed by atoms with Crippen molar-refractivity contribution in [2.24, 2.45) is 0 Å². The van der Waals surface area contributed by atoms with Crippen LogP contribution < -0.4 is 4.74 Å². The van der Waals surface area contributed by atoms with Crippen LogP contribution in [-0.4, -0.2) is 37.4 Å². The molecule has 0 N–H and O–H groups in total. The minimum Gasteiger partial charge on any atom is -0.497 e. The second-order valence-corrected chi connectivity index (χ2v) is 7.42. The van der Waals surface area contributed by atoms with E-state index in [0.717, 1.165) is 43.7 Å². The minimum absolute atomic E-state index is 0. The number of hydrogen-bond acceptors (Lipinski definition) is 3. The van der Waals surface area contributed by atoms with Crippen LogP contribution in [0.4, 0.5) is 0 Å². The number of nitrogens with zero attached hydrogens (tertiary/aromatic N) is 1. The smallest absolute Gasteiger partial charge is 0.151 e. The fourth-order valence-corrected chi connectivity index (χ4v) is 4.24. The summed E-state index contributed by atoms with van der Waals surface area (Å²) in [6, 6.07) is 18.5. The van der Waals surface area contributed by atoms with Gasteiger partial charge in [0, 0.05) is 18.4 Å². The molecule has 4 heteroatoms. The Hall–Kier alpha value is -1.84. The van der Waals surface area contributed by atoms with Crippen LogP contribution in [-0.2, 0) is 16.6 Å². The Morgan fingerprint density at radius 1 is 1.15 bits per heavy atom. The molecule has 1 atom stereocenters. The van der Waals surface area contributed by atoms with Crippen LogP contribution in [0.2, 0.25) is 0 Å². The number of carbonyl (C=O) groups excluding carboxylic acids is 1. The number of halogens is 1. The maximum atomic E-state index is 12.5. The number of hydrogen-bond donors (Lipinski definition) is 0. The predicted octanol–water partition coefficient (Wildman–Crippen LogP) is 4.67. The van der Waals surface area contributed by atoms with Gasteiger partial charge in [-0.1, -0.05) is 55.8 Å². The van der Waals surface area contributed by atoms with Gasteiger partial charge in [0.2, 0.25) is 0 Å². The van der Waals surface area contributed by atoms with Gasteiger partial charge in [0.15, 0.2) is 5.78 Å². The third kappa shape index (κ3) is 5.33. The molecule has 0 aromatic heterocycles. The minimum atomic E-state index is 0. The summed E-state index contributed by atoms with van der Waals surface area (Å²) in [7, 11) is 1.72. The summed E-state index contributed by atoms with van der Waals surface area (Å²) in [5.74, 6) is 1.21. The van der Waals surface area contributed by atoms with Crippen molar-refractivity contribution in [3.05, 3.63) is 65.7 Å². The average Bonchev–Trinajstić information content (AvgIpc) is 3.06. The number of likely N-dealkylation sites (tertiary alicyclic amines) is 1. The van der Waals surface area contributed by atoms with E-state index in [-0.39, 0.29) is 17.8 Å². The molecule has 0 aliphatic carbocycles. The lowest BCUT2D eigenvalue weighted by Crippen LogP contribution is -2.34. The number of ketones is 1. The maximum absolute atomic E-state index is 12.5.